The van der Waals surface area contributed by atoms with Crippen molar-refractivity contribution in [2.45, 2.75) is 6.42 Å². The number of likely N-dealkylation sites (tertiary alicyclic amines) is 1. The molecule has 3 aliphatic rings. The predicted octanol–water partition coefficient (Wildman–Crippen LogP) is 1.13. The first-order valence-corrected chi connectivity index (χ1v) is 8.83. The van der Waals surface area contributed by atoms with Gasteiger partial charge in [-0.05, 0) is 30.4 Å². The number of rotatable bonds is 6. The van der Waals surface area contributed by atoms with E-state index < -0.39 is 41.7 Å². The van der Waals surface area contributed by atoms with Crippen LogP contribution in [0.25, 0.3) is 0 Å². The first-order chi connectivity index (χ1) is 13.4. The van der Waals surface area contributed by atoms with E-state index in [0.717, 1.165) is 11.3 Å². The maximum absolute atomic E-state index is 12.5. The van der Waals surface area contributed by atoms with Gasteiger partial charge in [0.25, 0.3) is 5.69 Å². The highest BCUT2D eigenvalue weighted by Crippen LogP contribution is 2.52. The zero-order valence-corrected chi connectivity index (χ0v) is 14.6. The summed E-state index contributed by atoms with van der Waals surface area (Å²) in [6.07, 6.45) is 4.72. The fourth-order valence-electron chi connectivity index (χ4n) is 4.29. The van der Waals surface area contributed by atoms with Gasteiger partial charge in [-0.25, -0.2) is 0 Å². The molecule has 28 heavy (non-hydrogen) atoms. The molecular formula is C19H16N2O7. The van der Waals surface area contributed by atoms with E-state index in [2.05, 4.69) is 0 Å². The molecule has 1 aromatic rings. The smallest absolute Gasteiger partial charge is 0.326 e. The maximum atomic E-state index is 12.5. The molecule has 4 rings (SSSR count). The third-order valence-electron chi connectivity index (χ3n) is 5.61. The second-order valence-corrected chi connectivity index (χ2v) is 7.15. The number of nitrogens with zero attached hydrogens (tertiary/aromatic N) is 2. The average Bonchev–Trinajstić information content (AvgIpc) is 3.36. The molecule has 2 aliphatic carbocycles. The third-order valence-corrected chi connectivity index (χ3v) is 5.61. The molecular weight excluding hydrogens is 368 g/mol. The fraction of sp³-hybridized carbons (Fsp3) is 0.368. The SMILES string of the molecule is O=C(CN1C(=O)[C@@H]2[C@@H](C1=O)[C@H]1C=C[C@@H]2C1)OCC(=O)c1ccc([N+](=O)[O-])cc1. The van der Waals surface area contributed by atoms with E-state index in [4.69, 9.17) is 4.74 Å². The van der Waals surface area contributed by atoms with Crippen molar-refractivity contribution in [3.63, 3.8) is 0 Å². The molecule has 144 valence electrons. The van der Waals surface area contributed by atoms with E-state index >= 15 is 0 Å². The molecule has 2 fully saturated rings. The molecule has 1 heterocycles. The number of hydrogen-bond donors (Lipinski definition) is 0. The normalized spacial score (nSPS) is 27.2. The number of allylic oxidation sites excluding steroid dienone is 2. The van der Waals surface area contributed by atoms with Gasteiger partial charge in [-0.1, -0.05) is 12.2 Å². The Morgan fingerprint density at radius 3 is 2.18 bits per heavy atom. The number of Topliss-reactive ketones (excluding diaryl/α,β-unsaturated/α-hetero) is 1. The van der Waals surface area contributed by atoms with Gasteiger partial charge in [0, 0.05) is 17.7 Å². The standard InChI is InChI=1S/C19H16N2O7/c22-14(10-3-5-13(6-4-10)21(26)27)9-28-15(23)8-20-18(24)16-11-1-2-12(7-11)17(16)19(20)25/h1-6,11-12,16-17H,7-9H2/t11-,12+,16-,17-/m0/s1. The first-order valence-electron chi connectivity index (χ1n) is 8.83. The van der Waals surface area contributed by atoms with E-state index in [1.165, 1.54) is 24.3 Å². The number of hydrogen-bond acceptors (Lipinski definition) is 7. The molecule has 1 aliphatic heterocycles. The van der Waals surface area contributed by atoms with E-state index in [1.54, 1.807) is 0 Å². The number of nitro groups is 1. The van der Waals surface area contributed by atoms with Gasteiger partial charge in [-0.15, -0.1) is 0 Å². The van der Waals surface area contributed by atoms with Crippen LogP contribution in [0, 0.1) is 33.8 Å². The zero-order valence-electron chi connectivity index (χ0n) is 14.6. The molecule has 9 heteroatoms. The van der Waals surface area contributed by atoms with Crippen molar-refractivity contribution in [3.05, 3.63) is 52.1 Å². The summed E-state index contributed by atoms with van der Waals surface area (Å²) in [4.78, 5) is 60.1. The molecule has 1 saturated carbocycles. The topological polar surface area (TPSA) is 124 Å². The Kier molecular flexibility index (Phi) is 4.29. The minimum Gasteiger partial charge on any atom is -0.456 e. The van der Waals surface area contributed by atoms with Crippen LogP contribution in [0.5, 0.6) is 0 Å². The summed E-state index contributed by atoms with van der Waals surface area (Å²) >= 11 is 0. The van der Waals surface area contributed by atoms with Crippen molar-refractivity contribution in [2.75, 3.05) is 13.2 Å². The van der Waals surface area contributed by atoms with Gasteiger partial charge in [-0.2, -0.15) is 0 Å². The van der Waals surface area contributed by atoms with Gasteiger partial charge < -0.3 is 4.74 Å². The van der Waals surface area contributed by atoms with Gasteiger partial charge in [0.05, 0.1) is 16.8 Å². The number of carbonyl (C=O) groups is 4. The summed E-state index contributed by atoms with van der Waals surface area (Å²) in [5, 5.41) is 10.6. The maximum Gasteiger partial charge on any atom is 0.326 e. The van der Waals surface area contributed by atoms with Gasteiger partial charge in [0.15, 0.2) is 12.4 Å². The Labute approximate surface area is 159 Å². The number of nitro benzene ring substituents is 1. The fourth-order valence-corrected chi connectivity index (χ4v) is 4.29. The molecule has 0 aromatic heterocycles. The Morgan fingerprint density at radius 1 is 1.07 bits per heavy atom. The van der Waals surface area contributed by atoms with E-state index in [0.29, 0.717) is 0 Å². The number of ether oxygens (including phenoxy) is 1. The zero-order chi connectivity index (χ0) is 20.0. The molecule has 9 nitrogen and oxygen atoms in total. The van der Waals surface area contributed by atoms with Crippen LogP contribution in [0.2, 0.25) is 0 Å². The van der Waals surface area contributed by atoms with Crippen molar-refractivity contribution in [3.8, 4) is 0 Å². The summed E-state index contributed by atoms with van der Waals surface area (Å²) < 4.78 is 4.90. The Balaban J connectivity index is 1.32. The monoisotopic (exact) mass is 384 g/mol. The second-order valence-electron chi connectivity index (χ2n) is 7.15. The number of carbonyl (C=O) groups excluding carboxylic acids is 4. The van der Waals surface area contributed by atoms with Crippen LogP contribution < -0.4 is 0 Å². The van der Waals surface area contributed by atoms with Crippen molar-refractivity contribution >= 4 is 29.3 Å². The average molecular weight is 384 g/mol. The Bertz CT molecular complexity index is 891. The predicted molar refractivity (Wildman–Crippen MR) is 92.8 cm³/mol. The molecule has 2 amide bonds. The largest absolute Gasteiger partial charge is 0.456 e. The molecule has 1 aromatic carbocycles. The van der Waals surface area contributed by atoms with Crippen LogP contribution in [-0.2, 0) is 19.1 Å². The summed E-state index contributed by atoms with van der Waals surface area (Å²) in [5.74, 6) is -2.78. The van der Waals surface area contributed by atoms with Crippen molar-refractivity contribution in [1.82, 2.24) is 4.90 Å². The van der Waals surface area contributed by atoms with Gasteiger partial charge in [-0.3, -0.25) is 34.2 Å². The number of ketones is 1. The lowest BCUT2D eigenvalue weighted by Gasteiger charge is -2.16. The Morgan fingerprint density at radius 2 is 1.64 bits per heavy atom. The Hall–Kier alpha value is -3.36. The minimum absolute atomic E-state index is 0.0520. The van der Waals surface area contributed by atoms with Crippen LogP contribution in [-0.4, -0.2) is 46.5 Å². The van der Waals surface area contributed by atoms with Crippen molar-refractivity contribution in [1.29, 1.82) is 0 Å². The van der Waals surface area contributed by atoms with Crippen LogP contribution >= 0.6 is 0 Å². The van der Waals surface area contributed by atoms with Crippen LogP contribution in [0.15, 0.2) is 36.4 Å². The van der Waals surface area contributed by atoms with Gasteiger partial charge in [0.2, 0.25) is 11.8 Å². The van der Waals surface area contributed by atoms with Crippen molar-refractivity contribution in [2.24, 2.45) is 23.7 Å². The highest BCUT2D eigenvalue weighted by atomic mass is 16.6. The molecule has 1 saturated heterocycles. The quantitative estimate of drug-likeness (QED) is 0.180. The van der Waals surface area contributed by atoms with E-state index in [-0.39, 0.29) is 34.9 Å². The third kappa shape index (κ3) is 2.88. The van der Waals surface area contributed by atoms with E-state index in [9.17, 15) is 29.3 Å². The van der Waals surface area contributed by atoms with Gasteiger partial charge >= 0.3 is 5.97 Å². The number of imide groups is 1. The molecule has 0 radical (unpaired) electrons. The summed E-state index contributed by atoms with van der Waals surface area (Å²) in [7, 11) is 0. The van der Waals surface area contributed by atoms with Crippen LogP contribution in [0.3, 0.4) is 0 Å². The molecule has 4 atom stereocenters. The minimum atomic E-state index is -0.850. The van der Waals surface area contributed by atoms with Crippen LogP contribution in [0.4, 0.5) is 5.69 Å². The molecule has 0 unspecified atom stereocenters. The molecule has 0 spiro atoms. The second kappa shape index (κ2) is 6.66. The summed E-state index contributed by atoms with van der Waals surface area (Å²) in [6, 6.07) is 4.90. The first kappa shape index (κ1) is 18.0. The van der Waals surface area contributed by atoms with Crippen molar-refractivity contribution < 1.29 is 28.8 Å². The summed E-state index contributed by atoms with van der Waals surface area (Å²) in [6.45, 7) is -1.09. The number of fused-ring (bicyclic) bond motifs is 5. The molecule has 0 N–H and O–H groups in total. The number of esters is 1. The lowest BCUT2D eigenvalue weighted by Crippen LogP contribution is -2.38. The number of non-ortho nitro benzene ring substituents is 1. The lowest BCUT2D eigenvalue weighted by atomic mass is 9.85. The number of benzene rings is 1. The van der Waals surface area contributed by atoms with E-state index in [1.807, 2.05) is 12.2 Å². The lowest BCUT2D eigenvalue weighted by molar-refractivity contribution is -0.384. The molecule has 2 bridgehead atoms. The number of amides is 2. The van der Waals surface area contributed by atoms with Gasteiger partial charge in [0.1, 0.15) is 6.54 Å². The highest BCUT2D eigenvalue weighted by molar-refractivity contribution is 6.08. The summed E-state index contributed by atoms with van der Waals surface area (Å²) in [5.41, 5.74) is -0.00230. The van der Waals surface area contributed by atoms with Crippen LogP contribution in [0.1, 0.15) is 16.8 Å². The highest BCUT2D eigenvalue weighted by Gasteiger charge is 2.59.